The molecule has 1 heteroatoms. The van der Waals surface area contributed by atoms with Crippen molar-refractivity contribution in [2.24, 2.45) is 5.92 Å². The van der Waals surface area contributed by atoms with Crippen molar-refractivity contribution in [1.29, 1.82) is 0 Å². The maximum atomic E-state index is 3.65. The van der Waals surface area contributed by atoms with Crippen LogP contribution in [-0.2, 0) is 6.42 Å². The van der Waals surface area contributed by atoms with E-state index in [2.05, 4.69) is 56.4 Å². The van der Waals surface area contributed by atoms with E-state index < -0.39 is 0 Å². The van der Waals surface area contributed by atoms with E-state index in [0.717, 1.165) is 12.5 Å². The molecule has 1 aliphatic rings. The van der Waals surface area contributed by atoms with Crippen molar-refractivity contribution in [3.63, 3.8) is 0 Å². The zero-order chi connectivity index (χ0) is 14.4. The van der Waals surface area contributed by atoms with Crippen molar-refractivity contribution < 1.29 is 0 Å². The molecule has 0 spiro atoms. The molecule has 0 heterocycles. The van der Waals surface area contributed by atoms with E-state index in [9.17, 15) is 0 Å². The number of hydrogen-bond donors (Lipinski definition) is 1. The van der Waals surface area contributed by atoms with Crippen molar-refractivity contribution in [2.75, 3.05) is 6.54 Å². The van der Waals surface area contributed by atoms with Crippen molar-refractivity contribution in [2.45, 2.75) is 58.9 Å². The molecule has 1 atom stereocenters. The van der Waals surface area contributed by atoms with E-state index in [0.29, 0.717) is 6.04 Å². The first kappa shape index (κ1) is 15.3. The Bertz CT molecular complexity index is 428. The minimum absolute atomic E-state index is 0.449. The molecule has 0 radical (unpaired) electrons. The molecule has 1 nitrogen and oxygen atoms in total. The van der Waals surface area contributed by atoms with Crippen LogP contribution in [0.3, 0.4) is 0 Å². The number of rotatable bonds is 7. The van der Waals surface area contributed by atoms with Gasteiger partial charge in [0, 0.05) is 6.04 Å². The third-order valence-electron chi connectivity index (χ3n) is 4.16. The Kier molecular flexibility index (Phi) is 5.85. The summed E-state index contributed by atoms with van der Waals surface area (Å²) in [6.07, 6.45) is 8.80. The van der Waals surface area contributed by atoms with E-state index in [4.69, 9.17) is 0 Å². The zero-order valence-corrected chi connectivity index (χ0v) is 13.3. The summed E-state index contributed by atoms with van der Waals surface area (Å²) in [6, 6.07) is 9.58. The van der Waals surface area contributed by atoms with Crippen molar-refractivity contribution in [3.8, 4) is 0 Å². The van der Waals surface area contributed by atoms with Gasteiger partial charge in [-0.1, -0.05) is 49.8 Å². The van der Waals surface area contributed by atoms with Gasteiger partial charge < -0.3 is 5.32 Å². The topological polar surface area (TPSA) is 12.0 Å². The van der Waals surface area contributed by atoms with Crippen LogP contribution in [0.15, 0.2) is 35.9 Å². The van der Waals surface area contributed by atoms with Gasteiger partial charge in [-0.2, -0.15) is 0 Å². The predicted molar refractivity (Wildman–Crippen MR) is 88.0 cm³/mol. The van der Waals surface area contributed by atoms with Crippen LogP contribution in [0.4, 0.5) is 0 Å². The molecule has 0 amide bonds. The van der Waals surface area contributed by atoms with Gasteiger partial charge in [0.2, 0.25) is 0 Å². The quantitative estimate of drug-likeness (QED) is 0.685. The fraction of sp³-hybridized carbons (Fsp3) is 0.579. The first-order valence-electron chi connectivity index (χ1n) is 8.15. The molecule has 0 fully saturated rings. The smallest absolute Gasteiger partial charge is 0.0291 e. The highest BCUT2D eigenvalue weighted by Crippen LogP contribution is 2.21. The van der Waals surface area contributed by atoms with Gasteiger partial charge in [-0.15, -0.1) is 0 Å². The van der Waals surface area contributed by atoms with Gasteiger partial charge in [0.15, 0.2) is 0 Å². The van der Waals surface area contributed by atoms with Gasteiger partial charge >= 0.3 is 0 Å². The highest BCUT2D eigenvalue weighted by Gasteiger charge is 2.07. The molecule has 0 aliphatic heterocycles. The lowest BCUT2D eigenvalue weighted by atomic mass is 10.00. The van der Waals surface area contributed by atoms with Crippen molar-refractivity contribution in [1.82, 2.24) is 5.32 Å². The van der Waals surface area contributed by atoms with E-state index in [-0.39, 0.29) is 0 Å². The molecule has 1 aromatic rings. The molecule has 110 valence electrons. The molecular formula is C19H29N. The lowest BCUT2D eigenvalue weighted by molar-refractivity contribution is 0.572. The summed E-state index contributed by atoms with van der Waals surface area (Å²) in [5, 5.41) is 3.65. The van der Waals surface area contributed by atoms with Gasteiger partial charge in [-0.3, -0.25) is 0 Å². The number of allylic oxidation sites excluding steroid dienone is 1. The molecule has 0 saturated carbocycles. The van der Waals surface area contributed by atoms with Crippen LogP contribution in [0.5, 0.6) is 0 Å². The minimum atomic E-state index is 0.449. The Morgan fingerprint density at radius 1 is 1.10 bits per heavy atom. The summed E-state index contributed by atoms with van der Waals surface area (Å²) in [5.41, 5.74) is 4.50. The maximum Gasteiger partial charge on any atom is 0.0291 e. The fourth-order valence-electron chi connectivity index (χ4n) is 2.95. The molecule has 20 heavy (non-hydrogen) atoms. The number of nitrogens with one attached hydrogen (secondary N) is 1. The molecule has 0 aromatic heterocycles. The largest absolute Gasteiger partial charge is 0.310 e. The van der Waals surface area contributed by atoms with E-state index >= 15 is 0 Å². The molecule has 0 bridgehead atoms. The molecule has 0 saturated heterocycles. The summed E-state index contributed by atoms with van der Waals surface area (Å²) in [4.78, 5) is 0. The summed E-state index contributed by atoms with van der Waals surface area (Å²) < 4.78 is 0. The first-order chi connectivity index (χ1) is 9.65. The van der Waals surface area contributed by atoms with Crippen LogP contribution >= 0.6 is 0 Å². The predicted octanol–water partition coefficient (Wildman–Crippen LogP) is 5.04. The highest BCUT2D eigenvalue weighted by molar-refractivity contribution is 5.25. The lowest BCUT2D eigenvalue weighted by Crippen LogP contribution is -2.20. The monoisotopic (exact) mass is 271 g/mol. The molecule has 1 unspecified atom stereocenters. The Balaban J connectivity index is 1.77. The number of hydrogen-bond acceptors (Lipinski definition) is 1. The Morgan fingerprint density at radius 3 is 2.45 bits per heavy atom. The van der Waals surface area contributed by atoms with Crippen LogP contribution < -0.4 is 5.32 Å². The third kappa shape index (κ3) is 4.79. The first-order valence-corrected chi connectivity index (χ1v) is 8.15. The third-order valence-corrected chi connectivity index (χ3v) is 4.16. The molecule has 1 aromatic carbocycles. The normalized spacial score (nSPS) is 16.5. The molecule has 1 aliphatic carbocycles. The van der Waals surface area contributed by atoms with Crippen LogP contribution in [0.25, 0.3) is 0 Å². The fourth-order valence-corrected chi connectivity index (χ4v) is 2.95. The van der Waals surface area contributed by atoms with E-state index in [1.807, 2.05) is 0 Å². The Morgan fingerprint density at radius 2 is 1.85 bits per heavy atom. The second kappa shape index (κ2) is 7.64. The van der Waals surface area contributed by atoms with Crippen molar-refractivity contribution in [3.05, 3.63) is 47.0 Å². The summed E-state index contributed by atoms with van der Waals surface area (Å²) >= 11 is 0. The van der Waals surface area contributed by atoms with Gasteiger partial charge in [0.25, 0.3) is 0 Å². The van der Waals surface area contributed by atoms with Gasteiger partial charge in [-0.25, -0.2) is 0 Å². The maximum absolute atomic E-state index is 3.65. The van der Waals surface area contributed by atoms with E-state index in [1.165, 1.54) is 43.2 Å². The molecule has 2 rings (SSSR count). The van der Waals surface area contributed by atoms with Crippen LogP contribution in [0.2, 0.25) is 0 Å². The highest BCUT2D eigenvalue weighted by atomic mass is 14.9. The van der Waals surface area contributed by atoms with Crippen LogP contribution in [-0.4, -0.2) is 6.54 Å². The SMILES string of the molecule is CC(C)Cc1ccc(C(C)NCCC2=CCCC2)cc1. The average Bonchev–Trinajstić information content (AvgIpc) is 2.92. The lowest BCUT2D eigenvalue weighted by Gasteiger charge is -2.15. The Labute approximate surface area is 124 Å². The Hall–Kier alpha value is -1.08. The molecule has 1 N–H and O–H groups in total. The second-order valence-corrected chi connectivity index (χ2v) is 6.52. The van der Waals surface area contributed by atoms with Crippen LogP contribution in [0, 0.1) is 5.92 Å². The van der Waals surface area contributed by atoms with E-state index in [1.54, 1.807) is 5.57 Å². The second-order valence-electron chi connectivity index (χ2n) is 6.52. The zero-order valence-electron chi connectivity index (χ0n) is 13.3. The van der Waals surface area contributed by atoms with Gasteiger partial charge in [0.05, 0.1) is 0 Å². The minimum Gasteiger partial charge on any atom is -0.310 e. The van der Waals surface area contributed by atoms with Gasteiger partial charge in [-0.05, 0) is 62.6 Å². The van der Waals surface area contributed by atoms with Crippen LogP contribution in [0.1, 0.15) is 63.6 Å². The molecular weight excluding hydrogens is 242 g/mol. The summed E-state index contributed by atoms with van der Waals surface area (Å²) in [7, 11) is 0. The van der Waals surface area contributed by atoms with Gasteiger partial charge in [0.1, 0.15) is 0 Å². The number of benzene rings is 1. The van der Waals surface area contributed by atoms with Crippen molar-refractivity contribution >= 4 is 0 Å². The summed E-state index contributed by atoms with van der Waals surface area (Å²) in [6.45, 7) is 7.91. The standard InChI is InChI=1S/C19H29N/c1-15(2)14-18-8-10-19(11-9-18)16(3)20-13-12-17-6-4-5-7-17/h6,8-11,15-16,20H,4-5,7,12-14H2,1-3H3. The summed E-state index contributed by atoms with van der Waals surface area (Å²) in [5.74, 6) is 0.732. The average molecular weight is 271 g/mol.